The lowest BCUT2D eigenvalue weighted by Crippen LogP contribution is -2.29. The number of rotatable bonds is 5. The van der Waals surface area contributed by atoms with E-state index in [4.69, 9.17) is 5.26 Å². The summed E-state index contributed by atoms with van der Waals surface area (Å²) in [5.74, 6) is 0. The van der Waals surface area contributed by atoms with Gasteiger partial charge in [0.1, 0.15) is 0 Å². The van der Waals surface area contributed by atoms with Gasteiger partial charge in [0.25, 0.3) is 0 Å². The molecule has 0 bridgehead atoms. The van der Waals surface area contributed by atoms with Crippen LogP contribution in [0, 0.1) is 16.7 Å². The summed E-state index contributed by atoms with van der Waals surface area (Å²) >= 11 is 0. The molecule has 0 aliphatic rings. The second kappa shape index (κ2) is 5.15. The third-order valence-electron chi connectivity index (χ3n) is 1.77. The van der Waals surface area contributed by atoms with Crippen LogP contribution in [0.3, 0.4) is 0 Å². The Labute approximate surface area is 69.6 Å². The van der Waals surface area contributed by atoms with Gasteiger partial charge in [0.05, 0.1) is 6.07 Å². The Hall–Kier alpha value is -0.550. The number of nitriles is 1. The molecule has 2 heteroatoms. The maximum absolute atomic E-state index is 8.38. The molecule has 0 atom stereocenters. The highest BCUT2D eigenvalue weighted by Gasteiger charge is 2.15. The van der Waals surface area contributed by atoms with Gasteiger partial charge in [0, 0.05) is 13.0 Å². The standard InChI is InChI=1S/C9H18N2/c1-4-11-8-9(2,3)6-5-7-10/h11H,4-6,8H2,1-3H3. The lowest BCUT2D eigenvalue weighted by molar-refractivity contribution is 0.321. The van der Waals surface area contributed by atoms with E-state index in [-0.39, 0.29) is 5.41 Å². The second-order valence-electron chi connectivity index (χ2n) is 3.60. The van der Waals surface area contributed by atoms with Crippen molar-refractivity contribution in [3.8, 4) is 6.07 Å². The van der Waals surface area contributed by atoms with Gasteiger partial charge in [-0.3, -0.25) is 0 Å². The van der Waals surface area contributed by atoms with Crippen molar-refractivity contribution < 1.29 is 0 Å². The normalized spacial score (nSPS) is 11.1. The fourth-order valence-electron chi connectivity index (χ4n) is 0.946. The van der Waals surface area contributed by atoms with Crippen molar-refractivity contribution in [2.45, 2.75) is 33.6 Å². The molecule has 0 unspecified atom stereocenters. The molecule has 0 radical (unpaired) electrons. The summed E-state index contributed by atoms with van der Waals surface area (Å²) in [5.41, 5.74) is 0.270. The summed E-state index contributed by atoms with van der Waals surface area (Å²) in [6.45, 7) is 8.49. The monoisotopic (exact) mass is 154 g/mol. The third kappa shape index (κ3) is 5.87. The zero-order chi connectivity index (χ0) is 8.74. The van der Waals surface area contributed by atoms with Crippen LogP contribution in [0.2, 0.25) is 0 Å². The minimum Gasteiger partial charge on any atom is -0.316 e. The van der Waals surface area contributed by atoms with E-state index in [0.29, 0.717) is 6.42 Å². The van der Waals surface area contributed by atoms with Crippen LogP contribution in [0.25, 0.3) is 0 Å². The Morgan fingerprint density at radius 3 is 2.55 bits per heavy atom. The van der Waals surface area contributed by atoms with Crippen LogP contribution >= 0.6 is 0 Å². The number of nitrogens with one attached hydrogen (secondary N) is 1. The van der Waals surface area contributed by atoms with Gasteiger partial charge < -0.3 is 5.32 Å². The topological polar surface area (TPSA) is 35.8 Å². The summed E-state index contributed by atoms with van der Waals surface area (Å²) < 4.78 is 0. The highest BCUT2D eigenvalue weighted by atomic mass is 14.9. The Morgan fingerprint density at radius 2 is 2.09 bits per heavy atom. The first-order chi connectivity index (χ1) is 5.12. The van der Waals surface area contributed by atoms with Crippen molar-refractivity contribution in [1.82, 2.24) is 5.32 Å². The van der Waals surface area contributed by atoms with Crippen molar-refractivity contribution in [1.29, 1.82) is 5.26 Å². The SMILES string of the molecule is CCNCC(C)(C)CCC#N. The molecule has 0 aliphatic heterocycles. The average molecular weight is 154 g/mol. The Kier molecular flexibility index (Phi) is 4.89. The smallest absolute Gasteiger partial charge is 0.0621 e. The van der Waals surface area contributed by atoms with E-state index in [2.05, 4.69) is 32.2 Å². The summed E-state index contributed by atoms with van der Waals surface area (Å²) in [5, 5.41) is 11.7. The zero-order valence-electron chi connectivity index (χ0n) is 7.78. The first kappa shape index (κ1) is 10.4. The molecule has 0 amide bonds. The van der Waals surface area contributed by atoms with Crippen LogP contribution in [-0.2, 0) is 0 Å². The van der Waals surface area contributed by atoms with Gasteiger partial charge >= 0.3 is 0 Å². The second-order valence-corrected chi connectivity index (χ2v) is 3.60. The summed E-state index contributed by atoms with van der Waals surface area (Å²) in [6, 6.07) is 2.17. The van der Waals surface area contributed by atoms with E-state index in [1.807, 2.05) is 0 Å². The molecule has 0 rings (SSSR count). The number of hydrogen-bond donors (Lipinski definition) is 1. The number of nitrogens with zero attached hydrogens (tertiary/aromatic N) is 1. The van der Waals surface area contributed by atoms with E-state index in [1.165, 1.54) is 0 Å². The van der Waals surface area contributed by atoms with Gasteiger partial charge in [-0.25, -0.2) is 0 Å². The van der Waals surface area contributed by atoms with E-state index in [0.717, 1.165) is 19.5 Å². The molecule has 0 saturated carbocycles. The van der Waals surface area contributed by atoms with Crippen molar-refractivity contribution in [2.75, 3.05) is 13.1 Å². The zero-order valence-corrected chi connectivity index (χ0v) is 7.78. The molecule has 0 spiro atoms. The Morgan fingerprint density at radius 1 is 1.45 bits per heavy atom. The van der Waals surface area contributed by atoms with Crippen molar-refractivity contribution in [3.63, 3.8) is 0 Å². The molecule has 0 saturated heterocycles. The van der Waals surface area contributed by atoms with Gasteiger partial charge in [-0.2, -0.15) is 5.26 Å². The summed E-state index contributed by atoms with van der Waals surface area (Å²) in [6.07, 6.45) is 1.65. The van der Waals surface area contributed by atoms with Gasteiger partial charge in [0.2, 0.25) is 0 Å². The van der Waals surface area contributed by atoms with Gasteiger partial charge in [-0.05, 0) is 18.4 Å². The predicted octanol–water partition coefficient (Wildman–Crippen LogP) is 1.93. The lowest BCUT2D eigenvalue weighted by atomic mass is 9.88. The molecule has 0 fully saturated rings. The fourth-order valence-corrected chi connectivity index (χ4v) is 0.946. The minimum absolute atomic E-state index is 0.270. The van der Waals surface area contributed by atoms with Crippen LogP contribution in [-0.4, -0.2) is 13.1 Å². The average Bonchev–Trinajstić information content (AvgIpc) is 1.97. The summed E-state index contributed by atoms with van der Waals surface area (Å²) in [4.78, 5) is 0. The van der Waals surface area contributed by atoms with Gasteiger partial charge in [-0.1, -0.05) is 20.8 Å². The third-order valence-corrected chi connectivity index (χ3v) is 1.77. The fraction of sp³-hybridized carbons (Fsp3) is 0.889. The van der Waals surface area contributed by atoms with Crippen molar-refractivity contribution in [2.24, 2.45) is 5.41 Å². The van der Waals surface area contributed by atoms with Crippen LogP contribution < -0.4 is 5.32 Å². The van der Waals surface area contributed by atoms with Crippen LogP contribution in [0.5, 0.6) is 0 Å². The first-order valence-corrected chi connectivity index (χ1v) is 4.20. The first-order valence-electron chi connectivity index (χ1n) is 4.20. The molecule has 0 aromatic rings. The maximum Gasteiger partial charge on any atom is 0.0621 e. The van der Waals surface area contributed by atoms with E-state index < -0.39 is 0 Å². The largest absolute Gasteiger partial charge is 0.316 e. The molecule has 64 valence electrons. The number of hydrogen-bond acceptors (Lipinski definition) is 2. The molecular weight excluding hydrogens is 136 g/mol. The molecule has 2 nitrogen and oxygen atoms in total. The van der Waals surface area contributed by atoms with Gasteiger partial charge in [-0.15, -0.1) is 0 Å². The van der Waals surface area contributed by atoms with E-state index in [1.54, 1.807) is 0 Å². The quantitative estimate of drug-likeness (QED) is 0.656. The lowest BCUT2D eigenvalue weighted by Gasteiger charge is -2.23. The Bertz CT molecular complexity index is 133. The van der Waals surface area contributed by atoms with Crippen molar-refractivity contribution >= 4 is 0 Å². The maximum atomic E-state index is 8.38. The van der Waals surface area contributed by atoms with Crippen LogP contribution in [0.4, 0.5) is 0 Å². The Balaban J connectivity index is 3.54. The van der Waals surface area contributed by atoms with Crippen molar-refractivity contribution in [3.05, 3.63) is 0 Å². The molecule has 0 aromatic carbocycles. The van der Waals surface area contributed by atoms with Crippen LogP contribution in [0.1, 0.15) is 33.6 Å². The highest BCUT2D eigenvalue weighted by molar-refractivity contribution is 4.78. The predicted molar refractivity (Wildman–Crippen MR) is 47.2 cm³/mol. The summed E-state index contributed by atoms with van der Waals surface area (Å²) in [7, 11) is 0. The van der Waals surface area contributed by atoms with Gasteiger partial charge in [0.15, 0.2) is 0 Å². The van der Waals surface area contributed by atoms with E-state index >= 15 is 0 Å². The molecule has 0 heterocycles. The van der Waals surface area contributed by atoms with E-state index in [9.17, 15) is 0 Å². The molecule has 11 heavy (non-hydrogen) atoms. The highest BCUT2D eigenvalue weighted by Crippen LogP contribution is 2.20. The minimum atomic E-state index is 0.270. The molecule has 0 aromatic heterocycles. The van der Waals surface area contributed by atoms with Crippen LogP contribution in [0.15, 0.2) is 0 Å². The molecule has 1 N–H and O–H groups in total. The molecule has 0 aliphatic carbocycles. The molecular formula is C9H18N2.